The maximum absolute atomic E-state index is 7.46. The lowest BCUT2D eigenvalue weighted by Gasteiger charge is -2.34. The summed E-state index contributed by atoms with van der Waals surface area (Å²) in [5.41, 5.74) is 17.4. The third kappa shape index (κ3) is 6.95. The lowest BCUT2D eigenvalue weighted by atomic mass is 9.34. The van der Waals surface area contributed by atoms with Crippen LogP contribution in [0.2, 0.25) is 0 Å². The average Bonchev–Trinajstić information content (AvgIpc) is 3.70. The van der Waals surface area contributed by atoms with E-state index >= 15 is 0 Å². The van der Waals surface area contributed by atoms with Crippen molar-refractivity contribution in [3.8, 4) is 89.8 Å². The van der Waals surface area contributed by atoms with Crippen LogP contribution < -0.4 is 25.9 Å². The van der Waals surface area contributed by atoms with Gasteiger partial charge in [0.1, 0.15) is 23.0 Å². The first-order chi connectivity index (χ1) is 40.2. The number of benzene rings is 15. The molecule has 0 saturated heterocycles. The third-order valence-electron chi connectivity index (χ3n) is 17.3. The molecule has 2 nitrogen and oxygen atoms in total. The maximum atomic E-state index is 7.46. The quantitative estimate of drug-likeness (QED) is 0.122. The smallest absolute Gasteiger partial charge is 0.260 e. The molecule has 374 valence electrons. The van der Waals surface area contributed by atoms with E-state index in [9.17, 15) is 0 Å². The Labute approximate surface area is 469 Å². The molecule has 3 heteroatoms. The Hall–Kier alpha value is -10.5. The van der Waals surface area contributed by atoms with Crippen LogP contribution in [0, 0.1) is 0 Å². The zero-order valence-corrected chi connectivity index (χ0v) is 44.0. The van der Waals surface area contributed by atoms with Gasteiger partial charge in [0.15, 0.2) is 0 Å². The van der Waals surface area contributed by atoms with E-state index in [0.29, 0.717) is 0 Å². The molecule has 0 bridgehead atoms. The number of rotatable bonds is 6. The van der Waals surface area contributed by atoms with Crippen molar-refractivity contribution in [3.05, 3.63) is 285 Å². The molecule has 0 aromatic heterocycles. The SMILES string of the molecule is c1ccc(-c2c3ccccc3c(-c3ccc4c(c3)Oc3cc(-c5c6ccccc6c(-c6ccccc6)c6ccccc56)cc5c3B4c3ccc(-c4c6ccccc6c(-c6ccccc6)c6ccccc46)cc3O5)c3ccccc23)cc1. The Kier molecular flexibility index (Phi) is 10.1. The summed E-state index contributed by atoms with van der Waals surface area (Å²) in [4.78, 5) is 0. The van der Waals surface area contributed by atoms with Crippen LogP contribution in [0.4, 0.5) is 0 Å². The molecule has 15 aromatic rings. The van der Waals surface area contributed by atoms with Crippen LogP contribution in [0.15, 0.2) is 285 Å². The van der Waals surface area contributed by atoms with Crippen molar-refractivity contribution in [2.24, 2.45) is 0 Å². The zero-order chi connectivity index (χ0) is 53.1. The molecule has 0 spiro atoms. The molecule has 0 radical (unpaired) electrons. The van der Waals surface area contributed by atoms with E-state index in [1.807, 2.05) is 0 Å². The van der Waals surface area contributed by atoms with Gasteiger partial charge in [0.05, 0.1) is 0 Å². The van der Waals surface area contributed by atoms with E-state index in [-0.39, 0.29) is 6.71 Å². The number of fused-ring (bicyclic) bond motifs is 10. The molecule has 2 aliphatic rings. The first kappa shape index (κ1) is 45.5. The third-order valence-corrected chi connectivity index (χ3v) is 17.3. The predicted octanol–water partition coefficient (Wildman–Crippen LogP) is 19.3. The highest BCUT2D eigenvalue weighted by Gasteiger charge is 2.41. The van der Waals surface area contributed by atoms with Gasteiger partial charge in [-0.25, -0.2) is 0 Å². The van der Waals surface area contributed by atoms with Crippen LogP contribution in [-0.2, 0) is 0 Å². The van der Waals surface area contributed by atoms with Crippen LogP contribution in [0.5, 0.6) is 23.0 Å². The minimum atomic E-state index is -0.170. The van der Waals surface area contributed by atoms with Crippen molar-refractivity contribution in [2.45, 2.75) is 0 Å². The average molecular weight is 1030 g/mol. The molecule has 0 fully saturated rings. The summed E-state index contributed by atoms with van der Waals surface area (Å²) < 4.78 is 14.9. The lowest BCUT2D eigenvalue weighted by molar-refractivity contribution is 0.465. The molecule has 0 N–H and O–H groups in total. The molecule has 0 amide bonds. The van der Waals surface area contributed by atoms with Crippen LogP contribution in [0.3, 0.4) is 0 Å². The Bertz CT molecular complexity index is 4700. The Morgan fingerprint density at radius 1 is 0.185 bits per heavy atom. The van der Waals surface area contributed by atoms with Crippen LogP contribution in [-0.4, -0.2) is 6.71 Å². The van der Waals surface area contributed by atoms with Gasteiger partial charge in [0.25, 0.3) is 6.71 Å². The van der Waals surface area contributed by atoms with E-state index in [1.165, 1.54) is 109 Å². The van der Waals surface area contributed by atoms with Crippen molar-refractivity contribution in [1.82, 2.24) is 0 Å². The van der Waals surface area contributed by atoms with Crippen molar-refractivity contribution < 1.29 is 9.47 Å². The zero-order valence-electron chi connectivity index (χ0n) is 44.0. The van der Waals surface area contributed by atoms with Crippen LogP contribution in [0.25, 0.3) is 131 Å². The first-order valence-corrected chi connectivity index (χ1v) is 28.0. The van der Waals surface area contributed by atoms with E-state index in [4.69, 9.17) is 9.47 Å². The Morgan fingerprint density at radius 2 is 0.407 bits per heavy atom. The molecule has 15 aromatic carbocycles. The molecular formula is C78H47BO2. The summed E-state index contributed by atoms with van der Waals surface area (Å²) >= 11 is 0. The van der Waals surface area contributed by atoms with Crippen LogP contribution in [0.1, 0.15) is 0 Å². The van der Waals surface area contributed by atoms with Gasteiger partial charge in [-0.2, -0.15) is 0 Å². The van der Waals surface area contributed by atoms with E-state index in [1.54, 1.807) is 0 Å². The second kappa shape index (κ2) is 18.0. The number of ether oxygens (including phenoxy) is 2. The standard InChI is InChI=1S/C78H47BO2/c1-4-22-48(23-5-1)72-54-28-10-16-34-60(54)75(61-35-17-11-29-55(61)72)51-40-42-66-68(44-51)80-70-46-53(77-64-38-20-14-32-58(64)74(50-26-8-3-9-27-50)59-33-15-21-39-65(59)77)47-71-78(70)79(66)67-43-41-52(45-69(67)81-71)76-62-36-18-12-30-56(62)73(49-24-6-2-7-25-49)57-31-13-19-37-63(57)76/h1-47H. The highest BCUT2D eigenvalue weighted by molar-refractivity contribution is 6.98. The molecule has 2 heterocycles. The van der Waals surface area contributed by atoms with Crippen molar-refractivity contribution in [3.63, 3.8) is 0 Å². The molecule has 0 saturated carbocycles. The molecule has 0 aliphatic carbocycles. The fourth-order valence-electron chi connectivity index (χ4n) is 14.0. The van der Waals surface area contributed by atoms with Crippen molar-refractivity contribution in [2.75, 3.05) is 0 Å². The molecule has 81 heavy (non-hydrogen) atoms. The van der Waals surface area contributed by atoms with Gasteiger partial charge in [-0.15, -0.1) is 0 Å². The summed E-state index contributed by atoms with van der Waals surface area (Å²) in [5, 5.41) is 14.4. The normalized spacial score (nSPS) is 12.4. The highest BCUT2D eigenvalue weighted by Crippen LogP contribution is 2.50. The summed E-state index contributed by atoms with van der Waals surface area (Å²) in [7, 11) is 0. The second-order valence-electron chi connectivity index (χ2n) is 21.7. The van der Waals surface area contributed by atoms with E-state index < -0.39 is 0 Å². The van der Waals surface area contributed by atoms with E-state index in [2.05, 4.69) is 285 Å². The van der Waals surface area contributed by atoms with Gasteiger partial charge in [0.2, 0.25) is 0 Å². The van der Waals surface area contributed by atoms with Gasteiger partial charge in [-0.3, -0.25) is 0 Å². The van der Waals surface area contributed by atoms with Gasteiger partial charge >= 0.3 is 0 Å². The minimum absolute atomic E-state index is 0.170. The predicted molar refractivity (Wildman–Crippen MR) is 342 cm³/mol. The largest absolute Gasteiger partial charge is 0.458 e. The topological polar surface area (TPSA) is 18.5 Å². The summed E-state index contributed by atoms with van der Waals surface area (Å²) in [6.07, 6.45) is 0. The summed E-state index contributed by atoms with van der Waals surface area (Å²) in [6.45, 7) is -0.170. The number of hydrogen-bond acceptors (Lipinski definition) is 2. The lowest BCUT2D eigenvalue weighted by Crippen LogP contribution is -2.57. The summed E-state index contributed by atoms with van der Waals surface area (Å²) in [5.74, 6) is 3.28. The van der Waals surface area contributed by atoms with Crippen molar-refractivity contribution in [1.29, 1.82) is 0 Å². The fraction of sp³-hybridized carbons (Fsp3) is 0. The Balaban J connectivity index is 0.910. The number of hydrogen-bond donors (Lipinski definition) is 0. The van der Waals surface area contributed by atoms with E-state index in [0.717, 1.165) is 61.6 Å². The second-order valence-corrected chi connectivity index (χ2v) is 21.7. The molecule has 2 aliphatic heterocycles. The van der Waals surface area contributed by atoms with Gasteiger partial charge < -0.3 is 9.47 Å². The van der Waals surface area contributed by atoms with Gasteiger partial charge in [0, 0.05) is 5.46 Å². The van der Waals surface area contributed by atoms with Crippen LogP contribution >= 0.6 is 0 Å². The van der Waals surface area contributed by atoms with Crippen molar-refractivity contribution >= 4 is 87.7 Å². The fourth-order valence-corrected chi connectivity index (χ4v) is 14.0. The first-order valence-electron chi connectivity index (χ1n) is 28.0. The monoisotopic (exact) mass is 1030 g/mol. The maximum Gasteiger partial charge on any atom is 0.260 e. The van der Waals surface area contributed by atoms with Gasteiger partial charge in [-0.1, -0.05) is 261 Å². The molecular weight excluding hydrogens is 980 g/mol. The molecule has 17 rings (SSSR count). The molecule has 0 atom stereocenters. The molecule has 0 unspecified atom stereocenters. The summed E-state index contributed by atoms with van der Waals surface area (Å²) in [6, 6.07) is 104. The van der Waals surface area contributed by atoms with Gasteiger partial charge in [-0.05, 0) is 167 Å². The minimum Gasteiger partial charge on any atom is -0.458 e. The highest BCUT2D eigenvalue weighted by atomic mass is 16.5. The Morgan fingerprint density at radius 3 is 0.679 bits per heavy atom.